The van der Waals surface area contributed by atoms with E-state index in [2.05, 4.69) is 10.2 Å². The van der Waals surface area contributed by atoms with Gasteiger partial charge < -0.3 is 19.3 Å². The number of nitrogens with zero attached hydrogens (tertiary/aromatic N) is 4. The maximum absolute atomic E-state index is 14.0. The van der Waals surface area contributed by atoms with Gasteiger partial charge in [-0.3, -0.25) is 9.59 Å². The van der Waals surface area contributed by atoms with Crippen LogP contribution in [-0.2, 0) is 17.7 Å². The number of ether oxygens (including phenoxy) is 1. The van der Waals surface area contributed by atoms with E-state index < -0.39 is 34.4 Å². The molecule has 3 aromatic rings. The molecule has 0 radical (unpaired) electrons. The zero-order valence-corrected chi connectivity index (χ0v) is 18.7. The number of rotatable bonds is 3. The van der Waals surface area contributed by atoms with E-state index in [4.69, 9.17) is 4.74 Å². The second-order valence-corrected chi connectivity index (χ2v) is 9.52. The number of fused-ring (bicyclic) bond motifs is 2. The Balaban J connectivity index is 1.52. The number of halogens is 2. The van der Waals surface area contributed by atoms with E-state index in [9.17, 15) is 23.5 Å². The molecule has 4 heterocycles. The molecular formula is C22H20F2N4O4S. The van der Waals surface area contributed by atoms with Crippen molar-refractivity contribution in [1.29, 1.82) is 0 Å². The van der Waals surface area contributed by atoms with Crippen LogP contribution in [0.25, 0.3) is 10.6 Å². The van der Waals surface area contributed by atoms with Crippen LogP contribution >= 0.6 is 11.3 Å². The summed E-state index contributed by atoms with van der Waals surface area (Å²) in [6.07, 6.45) is 2.17. The number of aromatic hydroxyl groups is 1. The molecule has 2 aliphatic heterocycles. The van der Waals surface area contributed by atoms with Gasteiger partial charge in [0.2, 0.25) is 5.43 Å². The van der Waals surface area contributed by atoms with Gasteiger partial charge >= 0.3 is 0 Å². The summed E-state index contributed by atoms with van der Waals surface area (Å²) in [4.78, 5) is 27.5. The first-order chi connectivity index (χ1) is 15.7. The molecule has 1 fully saturated rings. The van der Waals surface area contributed by atoms with Crippen molar-refractivity contribution in [2.75, 3.05) is 6.54 Å². The molecule has 0 spiro atoms. The van der Waals surface area contributed by atoms with E-state index in [0.29, 0.717) is 18.0 Å². The van der Waals surface area contributed by atoms with E-state index in [-0.39, 0.29) is 40.9 Å². The summed E-state index contributed by atoms with van der Waals surface area (Å²) in [5, 5.41) is 19.3. The highest BCUT2D eigenvalue weighted by atomic mass is 32.1. The minimum absolute atomic E-state index is 0.0365. The summed E-state index contributed by atoms with van der Waals surface area (Å²) in [5.41, 5.74) is -1.41. The van der Waals surface area contributed by atoms with Gasteiger partial charge in [0.25, 0.3) is 5.91 Å². The predicted molar refractivity (Wildman–Crippen MR) is 115 cm³/mol. The molecule has 0 bridgehead atoms. The number of amides is 1. The smallest absolute Gasteiger partial charge is 0.276 e. The predicted octanol–water partition coefficient (Wildman–Crippen LogP) is 2.92. The topological polar surface area (TPSA) is 97.5 Å². The van der Waals surface area contributed by atoms with Gasteiger partial charge in [-0.15, -0.1) is 10.2 Å². The van der Waals surface area contributed by atoms with E-state index in [1.165, 1.54) is 16.8 Å². The number of pyridine rings is 1. The highest BCUT2D eigenvalue weighted by Crippen LogP contribution is 2.36. The Labute approximate surface area is 191 Å². The third-order valence-electron chi connectivity index (χ3n) is 6.01. The summed E-state index contributed by atoms with van der Waals surface area (Å²) < 4.78 is 34.7. The minimum atomic E-state index is -0.910. The summed E-state index contributed by atoms with van der Waals surface area (Å²) in [7, 11) is 0. The quantitative estimate of drug-likeness (QED) is 0.627. The summed E-state index contributed by atoms with van der Waals surface area (Å²) in [5.74, 6) is -2.50. The molecule has 1 saturated heterocycles. The van der Waals surface area contributed by atoms with Crippen LogP contribution < -0.4 is 5.43 Å². The van der Waals surface area contributed by atoms with Crippen molar-refractivity contribution in [3.63, 3.8) is 0 Å². The highest BCUT2D eigenvalue weighted by Gasteiger charge is 2.47. The molecule has 8 nitrogen and oxygen atoms in total. The Hall–Kier alpha value is -3.18. The second kappa shape index (κ2) is 7.70. The number of aromatic nitrogens is 3. The van der Waals surface area contributed by atoms with Crippen LogP contribution in [0.3, 0.4) is 0 Å². The summed E-state index contributed by atoms with van der Waals surface area (Å²) in [6, 6.07) is 3.28. The molecule has 1 aromatic carbocycles. The second-order valence-electron chi connectivity index (χ2n) is 8.46. The lowest BCUT2D eigenvalue weighted by Crippen LogP contribution is -2.62. The van der Waals surface area contributed by atoms with Crippen LogP contribution in [0.4, 0.5) is 8.78 Å². The minimum Gasteiger partial charge on any atom is -0.503 e. The third-order valence-corrected chi connectivity index (χ3v) is 6.96. The van der Waals surface area contributed by atoms with E-state index in [0.717, 1.165) is 23.5 Å². The van der Waals surface area contributed by atoms with E-state index in [1.807, 2.05) is 6.92 Å². The van der Waals surface area contributed by atoms with Gasteiger partial charge in [0.05, 0.1) is 18.2 Å². The first-order valence-corrected chi connectivity index (χ1v) is 11.2. The molecule has 5 rings (SSSR count). The Morgan fingerprint density at radius 1 is 1.30 bits per heavy atom. The molecular weight excluding hydrogens is 454 g/mol. The van der Waals surface area contributed by atoms with Crippen LogP contribution in [0.15, 0.2) is 29.2 Å². The standard InChI is InChI=1S/C22H20F2N4O4S/c1-11-5-6-28-21(31)17-19(30)18(29)14(9-27(17)10-22(28,2)32-11)20-26-25-16(33-20)7-12-3-4-13(23)8-15(12)24/h3-4,8-9,11,30H,5-7,10H2,1-2H3/t11-,22+/m1/s1. The third kappa shape index (κ3) is 3.61. The molecule has 1 amide bonds. The van der Waals surface area contributed by atoms with Gasteiger partial charge in [-0.1, -0.05) is 17.4 Å². The van der Waals surface area contributed by atoms with Crippen LogP contribution in [0.2, 0.25) is 0 Å². The summed E-state index contributed by atoms with van der Waals surface area (Å²) in [6.45, 7) is 4.43. The van der Waals surface area contributed by atoms with Gasteiger partial charge in [-0.2, -0.15) is 0 Å². The molecule has 172 valence electrons. The maximum Gasteiger partial charge on any atom is 0.276 e. The summed E-state index contributed by atoms with van der Waals surface area (Å²) >= 11 is 1.06. The zero-order chi connectivity index (χ0) is 23.5. The number of benzene rings is 1. The molecule has 2 aliphatic rings. The van der Waals surface area contributed by atoms with E-state index >= 15 is 0 Å². The largest absolute Gasteiger partial charge is 0.503 e. The lowest BCUT2D eigenvalue weighted by molar-refractivity contribution is -0.198. The van der Waals surface area contributed by atoms with Gasteiger partial charge in [0.15, 0.2) is 22.2 Å². The molecule has 1 N–H and O–H groups in total. The van der Waals surface area contributed by atoms with Crippen molar-refractivity contribution in [1.82, 2.24) is 19.7 Å². The van der Waals surface area contributed by atoms with Gasteiger partial charge in [-0.25, -0.2) is 8.78 Å². The van der Waals surface area contributed by atoms with Crippen molar-refractivity contribution >= 4 is 17.2 Å². The van der Waals surface area contributed by atoms with Gasteiger partial charge in [-0.05, 0) is 31.9 Å². The normalized spacial score (nSPS) is 22.2. The Morgan fingerprint density at radius 3 is 2.85 bits per heavy atom. The lowest BCUT2D eigenvalue weighted by atomic mass is 10.0. The van der Waals surface area contributed by atoms with Crippen LogP contribution in [0.5, 0.6) is 5.75 Å². The number of carbonyl (C=O) groups excluding carboxylic acids is 1. The molecule has 0 unspecified atom stereocenters. The van der Waals surface area contributed by atoms with Crippen molar-refractivity contribution < 1.29 is 23.4 Å². The maximum atomic E-state index is 14.0. The molecule has 33 heavy (non-hydrogen) atoms. The molecule has 2 aromatic heterocycles. The SMILES string of the molecule is C[C@@H]1CCN2C(=O)c3c(O)c(=O)c(-c4nnc(Cc5ccc(F)cc5F)s4)cn3C[C@]2(C)O1. The monoisotopic (exact) mass is 474 g/mol. The van der Waals surface area contributed by atoms with Crippen LogP contribution in [0, 0.1) is 11.6 Å². The van der Waals surface area contributed by atoms with Crippen molar-refractivity contribution in [3.05, 3.63) is 62.5 Å². The van der Waals surface area contributed by atoms with Gasteiger partial charge in [0.1, 0.15) is 16.6 Å². The lowest BCUT2D eigenvalue weighted by Gasteiger charge is -2.50. The Kier molecular flexibility index (Phi) is 5.05. The zero-order valence-electron chi connectivity index (χ0n) is 17.8. The highest BCUT2D eigenvalue weighted by molar-refractivity contribution is 7.14. The molecule has 0 saturated carbocycles. The van der Waals surface area contributed by atoms with Crippen molar-refractivity contribution in [2.24, 2.45) is 0 Å². The molecule has 11 heteroatoms. The van der Waals surface area contributed by atoms with Gasteiger partial charge in [0, 0.05) is 25.2 Å². The fraction of sp³-hybridized carbons (Fsp3) is 0.364. The molecule has 2 atom stereocenters. The average molecular weight is 474 g/mol. The fourth-order valence-electron chi connectivity index (χ4n) is 4.40. The number of hydrogen-bond acceptors (Lipinski definition) is 7. The average Bonchev–Trinajstić information content (AvgIpc) is 3.20. The van der Waals surface area contributed by atoms with Crippen molar-refractivity contribution in [2.45, 2.75) is 45.1 Å². The van der Waals surface area contributed by atoms with E-state index in [1.54, 1.807) is 11.8 Å². The van der Waals surface area contributed by atoms with Crippen LogP contribution in [0.1, 0.15) is 41.3 Å². The molecule has 0 aliphatic carbocycles. The number of carbonyl (C=O) groups is 1. The first-order valence-electron chi connectivity index (χ1n) is 10.4. The first kappa shape index (κ1) is 21.7. The van der Waals surface area contributed by atoms with Crippen molar-refractivity contribution in [3.8, 4) is 16.3 Å². The number of hydrogen-bond donors (Lipinski definition) is 1. The Bertz CT molecular complexity index is 1340. The fourth-order valence-corrected chi connectivity index (χ4v) is 5.27. The Morgan fingerprint density at radius 2 is 2.09 bits per heavy atom. The van der Waals surface area contributed by atoms with Crippen LogP contribution in [-0.4, -0.2) is 49.1 Å².